The molecule has 0 saturated carbocycles. The maximum atomic E-state index is 12.1. The molecule has 0 saturated heterocycles. The summed E-state index contributed by atoms with van der Waals surface area (Å²) in [6, 6.07) is 8.19. The van der Waals surface area contributed by atoms with Crippen LogP contribution in [0.4, 0.5) is 0 Å². The lowest BCUT2D eigenvalue weighted by Gasteiger charge is -2.08. The average Bonchev–Trinajstić information content (AvgIpc) is 3.24. The molecule has 3 aromatic heterocycles. The molecule has 0 aliphatic rings. The first kappa shape index (κ1) is 20.2. The van der Waals surface area contributed by atoms with E-state index in [1.165, 1.54) is 21.8 Å². The largest absolute Gasteiger partial charge is 0.458 e. The van der Waals surface area contributed by atoms with E-state index in [1.807, 2.05) is 13.0 Å². The van der Waals surface area contributed by atoms with Crippen LogP contribution in [-0.2, 0) is 20.9 Å². The van der Waals surface area contributed by atoms with E-state index in [4.69, 9.17) is 4.74 Å². The number of rotatable bonds is 7. The summed E-state index contributed by atoms with van der Waals surface area (Å²) in [5, 5.41) is 6.56. The molecule has 29 heavy (non-hydrogen) atoms. The molecule has 150 valence electrons. The highest BCUT2D eigenvalue weighted by Gasteiger charge is 2.11. The van der Waals surface area contributed by atoms with Gasteiger partial charge < -0.3 is 15.4 Å². The first-order valence-corrected chi connectivity index (χ1v) is 9.53. The Morgan fingerprint density at radius 3 is 2.76 bits per heavy atom. The minimum atomic E-state index is -0.686. The topological polar surface area (TPSA) is 119 Å². The number of pyridine rings is 1. The second-order valence-corrected chi connectivity index (χ2v) is 7.07. The maximum absolute atomic E-state index is 12.1. The smallest absolute Gasteiger partial charge is 0.325 e. The number of fused-ring (bicyclic) bond motifs is 1. The number of nitrogens with zero attached hydrogens (tertiary/aromatic N) is 2. The van der Waals surface area contributed by atoms with Crippen molar-refractivity contribution in [1.82, 2.24) is 20.0 Å². The quantitative estimate of drug-likeness (QED) is 0.548. The Balaban J connectivity index is 1.44. The fraction of sp³-hybridized carbons (Fsp3) is 0.211. The van der Waals surface area contributed by atoms with Crippen LogP contribution in [0.2, 0.25) is 0 Å². The van der Waals surface area contributed by atoms with Gasteiger partial charge in [0.15, 0.2) is 0 Å². The van der Waals surface area contributed by atoms with Crippen LogP contribution in [0.1, 0.15) is 20.9 Å². The number of aryl methyl sites for hydroxylation is 1. The van der Waals surface area contributed by atoms with Crippen molar-refractivity contribution in [2.24, 2.45) is 0 Å². The number of ether oxygens (including phenoxy) is 1. The van der Waals surface area contributed by atoms with E-state index in [0.717, 1.165) is 5.56 Å². The summed E-state index contributed by atoms with van der Waals surface area (Å²) in [5.74, 6) is -1.57. The Morgan fingerprint density at radius 2 is 2.00 bits per heavy atom. The molecule has 3 heterocycles. The molecule has 0 unspecified atom stereocenters. The molecule has 9 nitrogen and oxygen atoms in total. The average molecular weight is 414 g/mol. The van der Waals surface area contributed by atoms with Gasteiger partial charge in [-0.1, -0.05) is 12.1 Å². The monoisotopic (exact) mass is 414 g/mol. The Hall–Kier alpha value is -3.53. The Labute approximate surface area is 169 Å². The van der Waals surface area contributed by atoms with Crippen LogP contribution in [-0.4, -0.2) is 40.3 Å². The molecular formula is C19H18N4O5S. The summed E-state index contributed by atoms with van der Waals surface area (Å²) in [4.78, 5) is 52.1. The van der Waals surface area contributed by atoms with Crippen LogP contribution in [0.3, 0.4) is 0 Å². The van der Waals surface area contributed by atoms with Gasteiger partial charge in [-0.05, 0) is 30.0 Å². The molecule has 0 aliphatic heterocycles. The number of esters is 1. The molecule has 3 aromatic rings. The Kier molecular flexibility index (Phi) is 6.35. The van der Waals surface area contributed by atoms with Gasteiger partial charge in [-0.25, -0.2) is 4.98 Å². The number of aromatic nitrogens is 2. The summed E-state index contributed by atoms with van der Waals surface area (Å²) >= 11 is 1.26. The van der Waals surface area contributed by atoms with Crippen molar-refractivity contribution in [2.75, 3.05) is 13.1 Å². The number of carbonyl (C=O) groups excluding carboxylic acids is 3. The third kappa shape index (κ3) is 5.48. The van der Waals surface area contributed by atoms with Crippen LogP contribution in [0.5, 0.6) is 0 Å². The molecule has 3 rings (SSSR count). The van der Waals surface area contributed by atoms with Gasteiger partial charge in [0.2, 0.25) is 5.91 Å². The molecule has 2 N–H and O–H groups in total. The van der Waals surface area contributed by atoms with Gasteiger partial charge in [0.05, 0.1) is 17.1 Å². The van der Waals surface area contributed by atoms with Crippen molar-refractivity contribution in [3.05, 3.63) is 68.4 Å². The van der Waals surface area contributed by atoms with Crippen molar-refractivity contribution >= 4 is 34.8 Å². The Bertz CT molecular complexity index is 1110. The van der Waals surface area contributed by atoms with Crippen LogP contribution in [0.15, 0.2) is 46.7 Å². The predicted molar refractivity (Wildman–Crippen MR) is 106 cm³/mol. The standard InChI is InChI=1S/C19H18N4O5S/c1-12-4-5-15-22-13(7-17(25)23(15)10-12)11-28-18(26)9-20-16(24)8-21-19(27)14-3-2-6-29-14/h2-7,10H,8-9,11H2,1H3,(H,20,24)(H,21,27). The summed E-state index contributed by atoms with van der Waals surface area (Å²) < 4.78 is 6.45. The molecule has 2 amide bonds. The zero-order chi connectivity index (χ0) is 20.8. The van der Waals surface area contributed by atoms with Crippen molar-refractivity contribution in [3.63, 3.8) is 0 Å². The number of nitrogens with one attached hydrogen (secondary N) is 2. The van der Waals surface area contributed by atoms with E-state index in [1.54, 1.807) is 29.8 Å². The number of carbonyl (C=O) groups is 3. The first-order valence-electron chi connectivity index (χ1n) is 8.65. The molecule has 0 spiro atoms. The molecule has 0 radical (unpaired) electrons. The van der Waals surface area contributed by atoms with E-state index in [9.17, 15) is 19.2 Å². The normalized spacial score (nSPS) is 10.5. The van der Waals surface area contributed by atoms with E-state index < -0.39 is 11.9 Å². The van der Waals surface area contributed by atoms with Gasteiger partial charge >= 0.3 is 5.97 Å². The zero-order valence-corrected chi connectivity index (χ0v) is 16.3. The lowest BCUT2D eigenvalue weighted by Crippen LogP contribution is -2.39. The van der Waals surface area contributed by atoms with Gasteiger partial charge in [-0.3, -0.25) is 23.6 Å². The second kappa shape index (κ2) is 9.11. The fourth-order valence-electron chi connectivity index (χ4n) is 2.43. The van der Waals surface area contributed by atoms with Gasteiger partial charge in [0.25, 0.3) is 11.5 Å². The van der Waals surface area contributed by atoms with Crippen LogP contribution >= 0.6 is 11.3 Å². The van der Waals surface area contributed by atoms with Crippen molar-refractivity contribution in [3.8, 4) is 0 Å². The molecule has 0 atom stereocenters. The third-order valence-electron chi connectivity index (χ3n) is 3.83. The second-order valence-electron chi connectivity index (χ2n) is 6.12. The van der Waals surface area contributed by atoms with Crippen LogP contribution < -0.4 is 16.2 Å². The molecule has 0 aromatic carbocycles. The summed E-state index contributed by atoms with van der Waals surface area (Å²) in [6.45, 7) is 1.05. The Morgan fingerprint density at radius 1 is 1.17 bits per heavy atom. The van der Waals surface area contributed by atoms with Gasteiger partial charge in [-0.2, -0.15) is 0 Å². The zero-order valence-electron chi connectivity index (χ0n) is 15.5. The first-order chi connectivity index (χ1) is 13.9. The highest BCUT2D eigenvalue weighted by atomic mass is 32.1. The highest BCUT2D eigenvalue weighted by Crippen LogP contribution is 2.07. The van der Waals surface area contributed by atoms with Crippen molar-refractivity contribution < 1.29 is 19.1 Å². The lowest BCUT2D eigenvalue weighted by atomic mass is 10.3. The van der Waals surface area contributed by atoms with E-state index >= 15 is 0 Å². The molecule has 10 heteroatoms. The van der Waals surface area contributed by atoms with Gasteiger partial charge in [-0.15, -0.1) is 11.3 Å². The van der Waals surface area contributed by atoms with Crippen LogP contribution in [0, 0.1) is 6.92 Å². The molecule has 0 aliphatic carbocycles. The molecule has 0 bridgehead atoms. The minimum Gasteiger partial charge on any atom is -0.458 e. The maximum Gasteiger partial charge on any atom is 0.325 e. The van der Waals surface area contributed by atoms with Crippen LogP contribution in [0.25, 0.3) is 5.65 Å². The van der Waals surface area contributed by atoms with Crippen molar-refractivity contribution in [2.45, 2.75) is 13.5 Å². The number of thiophene rings is 1. The minimum absolute atomic E-state index is 0.191. The highest BCUT2D eigenvalue weighted by molar-refractivity contribution is 7.12. The summed E-state index contributed by atoms with van der Waals surface area (Å²) in [5.41, 5.74) is 1.40. The summed E-state index contributed by atoms with van der Waals surface area (Å²) in [6.07, 6.45) is 1.67. The third-order valence-corrected chi connectivity index (χ3v) is 4.69. The van der Waals surface area contributed by atoms with Gasteiger partial charge in [0.1, 0.15) is 18.8 Å². The van der Waals surface area contributed by atoms with E-state index in [0.29, 0.717) is 16.2 Å². The SMILES string of the molecule is Cc1ccc2nc(COC(=O)CNC(=O)CNC(=O)c3cccs3)cc(=O)n2c1. The fourth-order valence-corrected chi connectivity index (χ4v) is 3.07. The van der Waals surface area contributed by atoms with E-state index in [-0.39, 0.29) is 31.2 Å². The van der Waals surface area contributed by atoms with E-state index in [2.05, 4.69) is 15.6 Å². The summed E-state index contributed by atoms with van der Waals surface area (Å²) in [7, 11) is 0. The molecule has 0 fully saturated rings. The molecular weight excluding hydrogens is 396 g/mol. The predicted octanol–water partition coefficient (Wildman–Crippen LogP) is 0.654. The number of amides is 2. The number of hydrogen-bond acceptors (Lipinski definition) is 7. The number of hydrogen-bond donors (Lipinski definition) is 2. The lowest BCUT2D eigenvalue weighted by molar-refractivity contribution is -0.145. The van der Waals surface area contributed by atoms with Crippen molar-refractivity contribution in [1.29, 1.82) is 0 Å². The van der Waals surface area contributed by atoms with Gasteiger partial charge in [0, 0.05) is 12.3 Å².